The molecule has 0 heterocycles. The molecule has 0 radical (unpaired) electrons. The maximum absolute atomic E-state index is 12.4. The smallest absolute Gasteiger partial charge is 0.240 e. The van der Waals surface area contributed by atoms with Gasteiger partial charge in [-0.2, -0.15) is 0 Å². The third-order valence-corrected chi connectivity index (χ3v) is 5.03. The third kappa shape index (κ3) is 5.39. The molecule has 21 heavy (non-hydrogen) atoms. The van der Waals surface area contributed by atoms with Crippen molar-refractivity contribution >= 4 is 10.0 Å². The van der Waals surface area contributed by atoms with E-state index in [2.05, 4.69) is 17.0 Å². The van der Waals surface area contributed by atoms with Crippen LogP contribution in [0.4, 0.5) is 0 Å². The Morgan fingerprint density at radius 1 is 1.33 bits per heavy atom. The van der Waals surface area contributed by atoms with Crippen molar-refractivity contribution in [3.63, 3.8) is 0 Å². The summed E-state index contributed by atoms with van der Waals surface area (Å²) in [4.78, 5) is 0.304. The fraction of sp³-hybridized carbons (Fsp3) is 0.600. The molecule has 2 unspecified atom stereocenters. The van der Waals surface area contributed by atoms with Crippen molar-refractivity contribution in [3.05, 3.63) is 29.8 Å². The molecule has 6 heteroatoms. The van der Waals surface area contributed by atoms with Gasteiger partial charge in [-0.3, -0.25) is 0 Å². The average Bonchev–Trinajstić information content (AvgIpc) is 2.46. The Bertz CT molecular complexity index is 527. The highest BCUT2D eigenvalue weighted by Crippen LogP contribution is 2.20. The molecule has 0 saturated heterocycles. The van der Waals surface area contributed by atoms with Crippen LogP contribution in [0, 0.1) is 0 Å². The number of methoxy groups -OCH3 is 1. The molecule has 0 aliphatic rings. The minimum absolute atomic E-state index is 0.158. The fourth-order valence-electron chi connectivity index (χ4n) is 2.19. The van der Waals surface area contributed by atoms with Crippen LogP contribution in [0.1, 0.15) is 38.3 Å². The highest BCUT2D eigenvalue weighted by atomic mass is 32.2. The lowest BCUT2D eigenvalue weighted by Gasteiger charge is -2.17. The molecule has 1 aromatic carbocycles. The van der Waals surface area contributed by atoms with Gasteiger partial charge in [0.25, 0.3) is 0 Å². The Kier molecular flexibility index (Phi) is 7.31. The van der Waals surface area contributed by atoms with E-state index in [0.717, 1.165) is 12.0 Å². The molecule has 1 aromatic rings. The topological polar surface area (TPSA) is 67.4 Å². The van der Waals surface area contributed by atoms with Gasteiger partial charge in [-0.1, -0.05) is 19.1 Å². The van der Waals surface area contributed by atoms with Gasteiger partial charge in [0, 0.05) is 25.8 Å². The Morgan fingerprint density at radius 2 is 2.05 bits per heavy atom. The molecule has 0 aromatic heterocycles. The molecule has 0 aliphatic heterocycles. The van der Waals surface area contributed by atoms with E-state index < -0.39 is 10.0 Å². The van der Waals surface area contributed by atoms with Crippen LogP contribution in [-0.4, -0.2) is 35.2 Å². The standard InChI is InChI=1S/C15H26N2O3S/c1-5-15(16-3)13-7-6-8-14(11-13)21(18,19)17-12(2)9-10-20-4/h6-8,11-12,15-17H,5,9-10H2,1-4H3. The van der Waals surface area contributed by atoms with Crippen LogP contribution in [0.2, 0.25) is 0 Å². The Labute approximate surface area is 128 Å². The minimum atomic E-state index is -3.50. The van der Waals surface area contributed by atoms with E-state index in [1.165, 1.54) is 0 Å². The molecule has 0 fully saturated rings. The van der Waals surface area contributed by atoms with Gasteiger partial charge in [0.15, 0.2) is 0 Å². The zero-order valence-corrected chi connectivity index (χ0v) is 14.0. The van der Waals surface area contributed by atoms with Crippen molar-refractivity contribution < 1.29 is 13.2 Å². The normalized spacial score (nSPS) is 14.9. The highest BCUT2D eigenvalue weighted by molar-refractivity contribution is 7.89. The van der Waals surface area contributed by atoms with Crippen LogP contribution in [-0.2, 0) is 14.8 Å². The summed E-state index contributed by atoms with van der Waals surface area (Å²) in [7, 11) is -0.0158. The Hall–Kier alpha value is -0.950. The first-order chi connectivity index (χ1) is 9.94. The summed E-state index contributed by atoms with van der Waals surface area (Å²) in [5, 5.41) is 3.18. The maximum Gasteiger partial charge on any atom is 0.240 e. The average molecular weight is 314 g/mol. The fourth-order valence-corrected chi connectivity index (χ4v) is 3.52. The molecule has 0 bridgehead atoms. The molecule has 0 saturated carbocycles. The second-order valence-electron chi connectivity index (χ2n) is 5.13. The van der Waals surface area contributed by atoms with Crippen LogP contribution < -0.4 is 10.0 Å². The van der Waals surface area contributed by atoms with Crippen molar-refractivity contribution in [3.8, 4) is 0 Å². The van der Waals surface area contributed by atoms with Crippen LogP contribution in [0.3, 0.4) is 0 Å². The Balaban J connectivity index is 2.90. The van der Waals surface area contributed by atoms with E-state index in [0.29, 0.717) is 17.9 Å². The van der Waals surface area contributed by atoms with Crippen LogP contribution in [0.5, 0.6) is 0 Å². The number of rotatable bonds is 9. The molecular weight excluding hydrogens is 288 g/mol. The van der Waals surface area contributed by atoms with E-state index in [1.807, 2.05) is 20.0 Å². The number of benzene rings is 1. The van der Waals surface area contributed by atoms with E-state index in [4.69, 9.17) is 4.74 Å². The summed E-state index contributed by atoms with van der Waals surface area (Å²) in [5.41, 5.74) is 0.979. The largest absolute Gasteiger partial charge is 0.385 e. The van der Waals surface area contributed by atoms with Crippen LogP contribution >= 0.6 is 0 Å². The summed E-state index contributed by atoms with van der Waals surface area (Å²) in [6.45, 7) is 4.43. The predicted octanol–water partition coefficient (Wildman–Crippen LogP) is 2.06. The predicted molar refractivity (Wildman–Crippen MR) is 84.8 cm³/mol. The number of hydrogen-bond acceptors (Lipinski definition) is 4. The van der Waals surface area contributed by atoms with Crippen molar-refractivity contribution in [2.24, 2.45) is 0 Å². The van der Waals surface area contributed by atoms with Crippen molar-refractivity contribution in [2.45, 2.75) is 43.7 Å². The summed E-state index contributed by atoms with van der Waals surface area (Å²) in [5.74, 6) is 0. The molecule has 2 N–H and O–H groups in total. The lowest BCUT2D eigenvalue weighted by molar-refractivity contribution is 0.188. The molecule has 5 nitrogen and oxygen atoms in total. The molecule has 1 rings (SSSR count). The number of nitrogens with one attached hydrogen (secondary N) is 2. The van der Waals surface area contributed by atoms with E-state index in [1.54, 1.807) is 25.3 Å². The first kappa shape index (κ1) is 18.1. The summed E-state index contributed by atoms with van der Waals surface area (Å²) in [6, 6.07) is 7.07. The van der Waals surface area contributed by atoms with Gasteiger partial charge in [-0.05, 0) is 44.5 Å². The second kappa shape index (κ2) is 8.48. The van der Waals surface area contributed by atoms with Gasteiger partial charge in [-0.15, -0.1) is 0 Å². The first-order valence-electron chi connectivity index (χ1n) is 7.23. The molecule has 0 amide bonds. The van der Waals surface area contributed by atoms with Gasteiger partial charge >= 0.3 is 0 Å². The SMILES string of the molecule is CCC(NC)c1cccc(S(=O)(=O)NC(C)CCOC)c1. The van der Waals surface area contributed by atoms with Crippen LogP contribution in [0.15, 0.2) is 29.2 Å². The van der Waals surface area contributed by atoms with E-state index in [-0.39, 0.29) is 12.1 Å². The molecular formula is C15H26N2O3S. The first-order valence-corrected chi connectivity index (χ1v) is 8.71. The second-order valence-corrected chi connectivity index (χ2v) is 6.84. The summed E-state index contributed by atoms with van der Waals surface area (Å²) >= 11 is 0. The van der Waals surface area contributed by atoms with Gasteiger partial charge < -0.3 is 10.1 Å². The third-order valence-electron chi connectivity index (χ3n) is 3.44. The monoisotopic (exact) mass is 314 g/mol. The molecule has 0 aliphatic carbocycles. The van der Waals surface area contributed by atoms with Crippen molar-refractivity contribution in [1.29, 1.82) is 0 Å². The van der Waals surface area contributed by atoms with Gasteiger partial charge in [0.2, 0.25) is 10.0 Å². The lowest BCUT2D eigenvalue weighted by atomic mass is 10.1. The number of ether oxygens (including phenoxy) is 1. The van der Waals surface area contributed by atoms with E-state index >= 15 is 0 Å². The molecule has 120 valence electrons. The molecule has 0 spiro atoms. The Morgan fingerprint density at radius 3 is 2.62 bits per heavy atom. The van der Waals surface area contributed by atoms with Gasteiger partial charge in [0.1, 0.15) is 0 Å². The van der Waals surface area contributed by atoms with E-state index in [9.17, 15) is 8.42 Å². The van der Waals surface area contributed by atoms with Crippen molar-refractivity contribution in [2.75, 3.05) is 20.8 Å². The minimum Gasteiger partial charge on any atom is -0.385 e. The van der Waals surface area contributed by atoms with Gasteiger partial charge in [-0.25, -0.2) is 13.1 Å². The summed E-state index contributed by atoms with van der Waals surface area (Å²) < 4.78 is 32.4. The van der Waals surface area contributed by atoms with Gasteiger partial charge in [0.05, 0.1) is 4.90 Å². The van der Waals surface area contributed by atoms with Crippen molar-refractivity contribution in [1.82, 2.24) is 10.0 Å². The highest BCUT2D eigenvalue weighted by Gasteiger charge is 2.18. The zero-order chi connectivity index (χ0) is 15.9. The van der Waals surface area contributed by atoms with Crippen LogP contribution in [0.25, 0.3) is 0 Å². The zero-order valence-electron chi connectivity index (χ0n) is 13.2. The molecule has 2 atom stereocenters. The maximum atomic E-state index is 12.4. The number of hydrogen-bond donors (Lipinski definition) is 2. The summed E-state index contributed by atoms with van der Waals surface area (Å²) in [6.07, 6.45) is 1.54. The quantitative estimate of drug-likeness (QED) is 0.732. The number of sulfonamides is 1. The lowest BCUT2D eigenvalue weighted by Crippen LogP contribution is -2.33.